The van der Waals surface area contributed by atoms with Crippen LogP contribution in [0, 0.1) is 0 Å². The number of hydrogen-bond acceptors (Lipinski definition) is 6. The summed E-state index contributed by atoms with van der Waals surface area (Å²) in [6, 6.07) is 7.83. The third-order valence-electron chi connectivity index (χ3n) is 5.55. The molecule has 1 amide bonds. The molecule has 10 heteroatoms. The first-order valence-electron chi connectivity index (χ1n) is 10.8. The summed E-state index contributed by atoms with van der Waals surface area (Å²) in [7, 11) is 0. The number of rotatable bonds is 9. The number of hydrogen-bond donors (Lipinski definition) is 2. The van der Waals surface area contributed by atoms with Gasteiger partial charge in [0.1, 0.15) is 5.15 Å². The molecular weight excluding hydrogens is 428 g/mol. The second kappa shape index (κ2) is 9.04. The van der Waals surface area contributed by atoms with Crippen molar-refractivity contribution in [2.75, 3.05) is 0 Å². The summed E-state index contributed by atoms with van der Waals surface area (Å²) in [5, 5.41) is 21.1. The minimum atomic E-state index is -0.271. The highest BCUT2D eigenvalue weighted by Gasteiger charge is 2.25. The van der Waals surface area contributed by atoms with Gasteiger partial charge in [-0.05, 0) is 61.8 Å². The lowest BCUT2D eigenvalue weighted by atomic mass is 10.1. The van der Waals surface area contributed by atoms with Crippen LogP contribution in [0.3, 0.4) is 0 Å². The number of nitrogens with zero attached hydrogens (tertiary/aromatic N) is 6. The first-order valence-corrected chi connectivity index (χ1v) is 11.2. The predicted octanol–water partition coefficient (Wildman–Crippen LogP) is 3.43. The molecule has 164 valence electrons. The summed E-state index contributed by atoms with van der Waals surface area (Å²) in [4.78, 5) is 19.6. The number of unbranched alkanes of at least 4 members (excludes halogenated alkanes) is 1. The van der Waals surface area contributed by atoms with Crippen LogP contribution >= 0.6 is 11.6 Å². The molecule has 4 aromatic rings. The van der Waals surface area contributed by atoms with E-state index in [1.54, 1.807) is 23.1 Å². The minimum absolute atomic E-state index is 0.271. The van der Waals surface area contributed by atoms with E-state index in [9.17, 15) is 4.79 Å². The highest BCUT2D eigenvalue weighted by molar-refractivity contribution is 6.29. The van der Waals surface area contributed by atoms with E-state index in [4.69, 9.17) is 11.6 Å². The number of aryl methyl sites for hydroxylation is 2. The van der Waals surface area contributed by atoms with Crippen LogP contribution in [0.4, 0.5) is 0 Å². The van der Waals surface area contributed by atoms with Crippen molar-refractivity contribution in [1.29, 1.82) is 0 Å². The molecule has 1 aliphatic rings. The largest absolute Gasteiger partial charge is 0.346 e. The molecule has 0 unspecified atom stereocenters. The third-order valence-corrected chi connectivity index (χ3v) is 5.77. The molecule has 0 spiro atoms. The van der Waals surface area contributed by atoms with Crippen molar-refractivity contribution in [2.45, 2.75) is 51.1 Å². The standard InChI is InChI=1S/C22H23ClN8O/c23-20-7-4-14(11-24-20)12-25-22(32)19-13-31(30-28-19)8-2-1-3-17-9-16-10-18(15-5-6-15)26-21(16)29-27-17/h4,7,9-11,13,15H,1-3,5-6,8,12H2,(H,25,32)(H,26,29). The van der Waals surface area contributed by atoms with Crippen LogP contribution < -0.4 is 5.32 Å². The first-order chi connectivity index (χ1) is 15.6. The number of fused-ring (bicyclic) bond motifs is 1. The molecule has 5 rings (SSSR count). The number of aromatic amines is 1. The number of pyridine rings is 1. The van der Waals surface area contributed by atoms with Crippen molar-refractivity contribution in [3.05, 3.63) is 64.5 Å². The number of halogens is 1. The molecule has 32 heavy (non-hydrogen) atoms. The Morgan fingerprint density at radius 1 is 1.19 bits per heavy atom. The molecule has 9 nitrogen and oxygen atoms in total. The van der Waals surface area contributed by atoms with Gasteiger partial charge < -0.3 is 10.3 Å². The molecule has 0 radical (unpaired) electrons. The lowest BCUT2D eigenvalue weighted by Gasteiger charge is -2.03. The molecule has 1 fully saturated rings. The zero-order valence-corrected chi connectivity index (χ0v) is 18.2. The Morgan fingerprint density at radius 2 is 2.09 bits per heavy atom. The Bertz CT molecular complexity index is 1230. The molecule has 0 saturated heterocycles. The SMILES string of the molecule is O=C(NCc1ccc(Cl)nc1)c1cn(CCCCc2cc3cc(C4CC4)[nH]c3nn2)nn1. The van der Waals surface area contributed by atoms with E-state index in [0.717, 1.165) is 41.6 Å². The average molecular weight is 451 g/mol. The maximum Gasteiger partial charge on any atom is 0.273 e. The summed E-state index contributed by atoms with van der Waals surface area (Å²) in [6.07, 6.45) is 8.53. The molecule has 0 bridgehead atoms. The van der Waals surface area contributed by atoms with Gasteiger partial charge in [-0.2, -0.15) is 5.10 Å². The lowest BCUT2D eigenvalue weighted by Crippen LogP contribution is -2.23. The van der Waals surface area contributed by atoms with Gasteiger partial charge in [0.05, 0.1) is 11.9 Å². The van der Waals surface area contributed by atoms with E-state index in [0.29, 0.717) is 29.9 Å². The van der Waals surface area contributed by atoms with Gasteiger partial charge in [0.25, 0.3) is 5.91 Å². The molecule has 1 aliphatic carbocycles. The average Bonchev–Trinajstić information content (AvgIpc) is 3.39. The fourth-order valence-corrected chi connectivity index (χ4v) is 3.72. The number of nitrogens with one attached hydrogen (secondary N) is 2. The van der Waals surface area contributed by atoms with Gasteiger partial charge in [-0.3, -0.25) is 9.48 Å². The van der Waals surface area contributed by atoms with Crippen molar-refractivity contribution in [3.8, 4) is 0 Å². The van der Waals surface area contributed by atoms with E-state index in [1.165, 1.54) is 18.5 Å². The highest BCUT2D eigenvalue weighted by atomic mass is 35.5. The van der Waals surface area contributed by atoms with Crippen LogP contribution in [0.15, 0.2) is 36.7 Å². The minimum Gasteiger partial charge on any atom is -0.346 e. The monoisotopic (exact) mass is 450 g/mol. The summed E-state index contributed by atoms with van der Waals surface area (Å²) < 4.78 is 1.70. The maximum absolute atomic E-state index is 12.3. The fourth-order valence-electron chi connectivity index (χ4n) is 3.61. The molecule has 0 atom stereocenters. The van der Waals surface area contributed by atoms with E-state index in [2.05, 4.69) is 47.9 Å². The zero-order chi connectivity index (χ0) is 21.9. The zero-order valence-electron chi connectivity index (χ0n) is 17.5. The lowest BCUT2D eigenvalue weighted by molar-refractivity contribution is 0.0946. The highest BCUT2D eigenvalue weighted by Crippen LogP contribution is 2.40. The van der Waals surface area contributed by atoms with Crippen LogP contribution in [0.25, 0.3) is 11.0 Å². The normalized spacial score (nSPS) is 13.5. The molecule has 4 aromatic heterocycles. The van der Waals surface area contributed by atoms with Crippen molar-refractivity contribution in [2.24, 2.45) is 0 Å². The van der Waals surface area contributed by atoms with Crippen LogP contribution in [0.1, 0.15) is 59.0 Å². The van der Waals surface area contributed by atoms with Gasteiger partial charge in [0, 0.05) is 30.4 Å². The second-order valence-electron chi connectivity index (χ2n) is 8.13. The van der Waals surface area contributed by atoms with E-state index in [1.807, 2.05) is 6.07 Å². The maximum atomic E-state index is 12.3. The molecule has 0 aromatic carbocycles. The van der Waals surface area contributed by atoms with Gasteiger partial charge in [0.15, 0.2) is 11.3 Å². The van der Waals surface area contributed by atoms with Gasteiger partial charge in [-0.25, -0.2) is 4.98 Å². The summed E-state index contributed by atoms with van der Waals surface area (Å²) in [5.74, 6) is 0.406. The number of carbonyl (C=O) groups is 1. The van der Waals surface area contributed by atoms with E-state index >= 15 is 0 Å². The number of amides is 1. The van der Waals surface area contributed by atoms with Crippen LogP contribution in [-0.4, -0.2) is 41.1 Å². The Labute approximate surface area is 189 Å². The summed E-state index contributed by atoms with van der Waals surface area (Å²) in [6.45, 7) is 1.04. The Kier molecular flexibility index (Phi) is 5.81. The van der Waals surface area contributed by atoms with E-state index in [-0.39, 0.29) is 5.91 Å². The van der Waals surface area contributed by atoms with E-state index < -0.39 is 0 Å². The van der Waals surface area contributed by atoms with Crippen LogP contribution in [0.5, 0.6) is 0 Å². The molecule has 4 heterocycles. The van der Waals surface area contributed by atoms with Gasteiger partial charge >= 0.3 is 0 Å². The Balaban J connectivity index is 1.07. The Hall–Kier alpha value is -3.33. The predicted molar refractivity (Wildman–Crippen MR) is 119 cm³/mol. The molecule has 0 aliphatic heterocycles. The van der Waals surface area contributed by atoms with Crippen LogP contribution in [-0.2, 0) is 19.5 Å². The van der Waals surface area contributed by atoms with Gasteiger partial charge in [-0.1, -0.05) is 22.9 Å². The number of H-pyrrole nitrogens is 1. The fraction of sp³-hybridized carbons (Fsp3) is 0.364. The summed E-state index contributed by atoms with van der Waals surface area (Å²) in [5.41, 5.74) is 4.30. The third kappa shape index (κ3) is 4.94. The molecular formula is C22H23ClN8O. The quantitative estimate of drug-likeness (QED) is 0.298. The van der Waals surface area contributed by atoms with Crippen LogP contribution in [0.2, 0.25) is 5.15 Å². The first kappa shape index (κ1) is 20.6. The Morgan fingerprint density at radius 3 is 2.91 bits per heavy atom. The number of aromatic nitrogens is 7. The van der Waals surface area contributed by atoms with Crippen molar-refractivity contribution in [3.63, 3.8) is 0 Å². The van der Waals surface area contributed by atoms with Crippen molar-refractivity contribution in [1.82, 2.24) is 40.5 Å². The summed E-state index contributed by atoms with van der Waals surface area (Å²) >= 11 is 5.77. The van der Waals surface area contributed by atoms with Crippen molar-refractivity contribution < 1.29 is 4.79 Å². The molecule has 1 saturated carbocycles. The second-order valence-corrected chi connectivity index (χ2v) is 8.52. The smallest absolute Gasteiger partial charge is 0.273 e. The number of carbonyl (C=O) groups excluding carboxylic acids is 1. The molecule has 2 N–H and O–H groups in total. The topological polar surface area (TPSA) is 114 Å². The van der Waals surface area contributed by atoms with Gasteiger partial charge in [0.2, 0.25) is 0 Å². The van der Waals surface area contributed by atoms with Gasteiger partial charge in [-0.15, -0.1) is 10.2 Å². The van der Waals surface area contributed by atoms with Crippen molar-refractivity contribution >= 4 is 28.5 Å².